The number of benzene rings is 2. The van der Waals surface area contributed by atoms with E-state index in [1.807, 2.05) is 12.2 Å². The Morgan fingerprint density at radius 2 is 1.88 bits per heavy atom. The highest BCUT2D eigenvalue weighted by Gasteiger charge is 2.57. The quantitative estimate of drug-likeness (QED) is 0.588. The Bertz CT molecular complexity index is 1110. The van der Waals surface area contributed by atoms with Gasteiger partial charge in [0.05, 0.1) is 5.56 Å². The summed E-state index contributed by atoms with van der Waals surface area (Å²) in [7, 11) is 0. The second-order valence-electron chi connectivity index (χ2n) is 8.90. The van der Waals surface area contributed by atoms with Crippen LogP contribution in [0.4, 0.5) is 24.5 Å². The number of nitrogen functional groups attached to an aromatic ring is 1. The number of allylic oxidation sites excluding steroid dienone is 3. The Labute approximate surface area is 183 Å². The molecule has 4 atom stereocenters. The third-order valence-electron chi connectivity index (χ3n) is 6.91. The zero-order chi connectivity index (χ0) is 22.5. The minimum Gasteiger partial charge on any atom is -0.489 e. The van der Waals surface area contributed by atoms with E-state index < -0.39 is 17.6 Å². The number of carbonyl (C=O) groups excluding carboxylic acids is 1. The molecule has 32 heavy (non-hydrogen) atoms. The van der Waals surface area contributed by atoms with Crippen molar-refractivity contribution in [3.05, 3.63) is 77.9 Å². The largest absolute Gasteiger partial charge is 0.489 e. The number of nitrogens with one attached hydrogen (secondary N) is 1. The van der Waals surface area contributed by atoms with E-state index in [1.165, 1.54) is 24.3 Å². The lowest BCUT2D eigenvalue weighted by Crippen LogP contribution is -2.40. The van der Waals surface area contributed by atoms with Crippen molar-refractivity contribution in [2.24, 2.45) is 17.3 Å². The summed E-state index contributed by atoms with van der Waals surface area (Å²) in [5.74, 6) is 0.0617. The molecule has 2 fully saturated rings. The molecule has 7 heteroatoms. The number of carbonyl (C=O) groups is 1. The number of ether oxygens (including phenoxy) is 1. The first-order chi connectivity index (χ1) is 15.2. The number of hydrogen-bond donors (Lipinski definition) is 2. The van der Waals surface area contributed by atoms with Gasteiger partial charge in [-0.2, -0.15) is 13.2 Å². The Morgan fingerprint density at radius 1 is 1.09 bits per heavy atom. The summed E-state index contributed by atoms with van der Waals surface area (Å²) in [6, 6.07) is 9.84. The fraction of sp³-hybridized carbons (Fsp3) is 0.320. The number of rotatable bonds is 4. The molecular formula is C25H23F3N2O2. The van der Waals surface area contributed by atoms with Crippen LogP contribution in [-0.4, -0.2) is 12.0 Å². The van der Waals surface area contributed by atoms with Gasteiger partial charge in [-0.15, -0.1) is 0 Å². The minimum absolute atomic E-state index is 0.0518. The summed E-state index contributed by atoms with van der Waals surface area (Å²) < 4.78 is 47.7. The van der Waals surface area contributed by atoms with Crippen LogP contribution in [0.25, 0.3) is 0 Å². The average molecular weight is 440 g/mol. The predicted octanol–water partition coefficient (Wildman–Crippen LogP) is 5.83. The maximum Gasteiger partial charge on any atom is 0.420 e. The maximum atomic E-state index is 13.9. The smallest absolute Gasteiger partial charge is 0.420 e. The summed E-state index contributed by atoms with van der Waals surface area (Å²) in [6.07, 6.45) is 6.08. The van der Waals surface area contributed by atoms with Gasteiger partial charge in [0.25, 0.3) is 5.91 Å². The van der Waals surface area contributed by atoms with E-state index in [0.717, 1.165) is 25.3 Å². The molecule has 4 unspecified atom stereocenters. The third-order valence-corrected chi connectivity index (χ3v) is 6.91. The Morgan fingerprint density at radius 3 is 2.62 bits per heavy atom. The second-order valence-corrected chi connectivity index (χ2v) is 8.90. The molecule has 0 heterocycles. The molecule has 0 radical (unpaired) electrons. The lowest BCUT2D eigenvalue weighted by atomic mass is 9.71. The van der Waals surface area contributed by atoms with Crippen molar-refractivity contribution in [3.8, 4) is 5.75 Å². The van der Waals surface area contributed by atoms with E-state index in [-0.39, 0.29) is 23.0 Å². The summed E-state index contributed by atoms with van der Waals surface area (Å²) >= 11 is 0. The molecular weight excluding hydrogens is 417 g/mol. The molecule has 2 aromatic rings. The van der Waals surface area contributed by atoms with Crippen molar-refractivity contribution in [1.82, 2.24) is 0 Å². The Balaban J connectivity index is 1.40. The number of amides is 1. The fourth-order valence-electron chi connectivity index (χ4n) is 5.46. The normalized spacial score (nSPS) is 27.9. The SMILES string of the molecule is Nc1ccc(C(=O)Nc2ccc(OC3CC4CC5C=CC=CC53C4)c(C(F)(F)F)c2)cc1. The van der Waals surface area contributed by atoms with E-state index in [4.69, 9.17) is 10.5 Å². The fourth-order valence-corrected chi connectivity index (χ4v) is 5.46. The monoisotopic (exact) mass is 440 g/mol. The van der Waals surface area contributed by atoms with Gasteiger partial charge in [0, 0.05) is 22.4 Å². The predicted molar refractivity (Wildman–Crippen MR) is 116 cm³/mol. The molecule has 4 nitrogen and oxygen atoms in total. The number of halogens is 3. The van der Waals surface area contributed by atoms with Crippen LogP contribution in [0.3, 0.4) is 0 Å². The van der Waals surface area contributed by atoms with E-state index in [0.29, 0.717) is 23.1 Å². The van der Waals surface area contributed by atoms with Gasteiger partial charge in [-0.25, -0.2) is 0 Å². The summed E-state index contributed by atoms with van der Waals surface area (Å²) in [6.45, 7) is 0. The number of fused-ring (bicyclic) bond motifs is 1. The highest BCUT2D eigenvalue weighted by atomic mass is 19.4. The Hall–Kier alpha value is -3.22. The molecule has 1 spiro atoms. The van der Waals surface area contributed by atoms with Crippen LogP contribution < -0.4 is 15.8 Å². The van der Waals surface area contributed by atoms with Crippen LogP contribution in [0.15, 0.2) is 66.8 Å². The van der Waals surface area contributed by atoms with E-state index >= 15 is 0 Å². The van der Waals surface area contributed by atoms with Gasteiger partial charge in [0.1, 0.15) is 11.9 Å². The summed E-state index contributed by atoms with van der Waals surface area (Å²) in [5.41, 5.74) is 5.34. The molecule has 3 aliphatic rings. The molecule has 5 rings (SSSR count). The highest BCUT2D eigenvalue weighted by molar-refractivity contribution is 6.04. The van der Waals surface area contributed by atoms with E-state index in [2.05, 4.69) is 17.5 Å². The second kappa shape index (κ2) is 7.43. The van der Waals surface area contributed by atoms with Crippen LogP contribution in [0, 0.1) is 17.3 Å². The van der Waals surface area contributed by atoms with Crippen LogP contribution in [0.1, 0.15) is 35.2 Å². The van der Waals surface area contributed by atoms with E-state index in [9.17, 15) is 18.0 Å². The van der Waals surface area contributed by atoms with Gasteiger partial charge in [-0.05, 0) is 73.6 Å². The molecule has 2 bridgehead atoms. The van der Waals surface area contributed by atoms with Gasteiger partial charge in [0.2, 0.25) is 0 Å². The van der Waals surface area contributed by atoms with E-state index in [1.54, 1.807) is 12.1 Å². The lowest BCUT2D eigenvalue weighted by Gasteiger charge is -2.39. The van der Waals surface area contributed by atoms with Crippen molar-refractivity contribution in [3.63, 3.8) is 0 Å². The molecule has 0 aliphatic heterocycles. The van der Waals surface area contributed by atoms with Crippen molar-refractivity contribution >= 4 is 17.3 Å². The van der Waals surface area contributed by atoms with Crippen LogP contribution in [0.5, 0.6) is 5.75 Å². The zero-order valence-corrected chi connectivity index (χ0v) is 17.2. The van der Waals surface area contributed by atoms with Crippen LogP contribution in [0.2, 0.25) is 0 Å². The van der Waals surface area contributed by atoms with Crippen LogP contribution >= 0.6 is 0 Å². The lowest BCUT2D eigenvalue weighted by molar-refractivity contribution is -0.139. The van der Waals surface area contributed by atoms with Gasteiger partial charge in [-0.3, -0.25) is 4.79 Å². The number of hydrogen-bond acceptors (Lipinski definition) is 3. The first-order valence-corrected chi connectivity index (χ1v) is 10.7. The molecule has 0 saturated heterocycles. The molecule has 1 amide bonds. The summed E-state index contributed by atoms with van der Waals surface area (Å²) in [4.78, 5) is 12.4. The van der Waals surface area contributed by atoms with Crippen molar-refractivity contribution in [2.75, 3.05) is 11.1 Å². The maximum absolute atomic E-state index is 13.9. The highest BCUT2D eigenvalue weighted by Crippen LogP contribution is 2.61. The molecule has 3 aliphatic carbocycles. The van der Waals surface area contributed by atoms with Gasteiger partial charge >= 0.3 is 6.18 Å². The molecule has 0 aromatic heterocycles. The Kier molecular flexibility index (Phi) is 4.80. The number of alkyl halides is 3. The number of anilines is 2. The standard InChI is InChI=1S/C25H23F3N2O2/c26-25(27,28)20-13-19(30-23(31)16-4-6-18(29)7-5-16)8-9-21(20)32-22-12-15-11-17-3-1-2-10-24(17,22)14-15/h1-10,13,15,17,22H,11-12,14,29H2,(H,30,31). The van der Waals surface area contributed by atoms with Gasteiger partial charge in [-0.1, -0.05) is 24.3 Å². The van der Waals surface area contributed by atoms with Crippen molar-refractivity contribution < 1.29 is 22.7 Å². The average Bonchev–Trinajstić information content (AvgIpc) is 3.28. The van der Waals surface area contributed by atoms with Gasteiger partial charge in [0.15, 0.2) is 0 Å². The molecule has 2 saturated carbocycles. The van der Waals surface area contributed by atoms with Gasteiger partial charge < -0.3 is 15.8 Å². The molecule has 3 N–H and O–H groups in total. The third kappa shape index (κ3) is 3.55. The zero-order valence-electron chi connectivity index (χ0n) is 17.2. The first-order valence-electron chi connectivity index (χ1n) is 10.7. The number of nitrogens with two attached hydrogens (primary N) is 1. The topological polar surface area (TPSA) is 64.4 Å². The molecule has 2 aromatic carbocycles. The van der Waals surface area contributed by atoms with Crippen molar-refractivity contribution in [1.29, 1.82) is 0 Å². The molecule has 166 valence electrons. The minimum atomic E-state index is -4.62. The first kappa shape index (κ1) is 20.7. The van der Waals surface area contributed by atoms with Crippen molar-refractivity contribution in [2.45, 2.75) is 31.5 Å². The van der Waals surface area contributed by atoms with Crippen LogP contribution in [-0.2, 0) is 6.18 Å². The summed E-state index contributed by atoms with van der Waals surface area (Å²) in [5, 5.41) is 2.53.